The third-order valence-corrected chi connectivity index (χ3v) is 3.41. The van der Waals surface area contributed by atoms with Crippen molar-refractivity contribution in [1.82, 2.24) is 10.3 Å². The van der Waals surface area contributed by atoms with Crippen LogP contribution in [0.25, 0.3) is 10.9 Å². The number of hydrogen-bond acceptors (Lipinski definition) is 3. The minimum Gasteiger partial charge on any atom is -0.370 e. The van der Waals surface area contributed by atoms with Crippen molar-refractivity contribution in [3.05, 3.63) is 36.0 Å². The topological polar surface area (TPSA) is 114 Å². The van der Waals surface area contributed by atoms with Gasteiger partial charge in [-0.3, -0.25) is 9.59 Å². The molecule has 0 radical (unpaired) electrons. The number of primary amides is 1. The van der Waals surface area contributed by atoms with Gasteiger partial charge >= 0.3 is 0 Å². The number of nitrogens with one attached hydrogen (secondary N) is 2. The average Bonchev–Trinajstić information content (AvgIpc) is 2.88. The highest BCUT2D eigenvalue weighted by Crippen LogP contribution is 2.17. The highest BCUT2D eigenvalue weighted by Gasteiger charge is 2.13. The predicted molar refractivity (Wildman–Crippen MR) is 81.4 cm³/mol. The van der Waals surface area contributed by atoms with Gasteiger partial charge < -0.3 is 21.8 Å². The zero-order valence-electron chi connectivity index (χ0n) is 11.8. The highest BCUT2D eigenvalue weighted by molar-refractivity contribution is 5.84. The Morgan fingerprint density at radius 2 is 2.05 bits per heavy atom. The molecule has 1 aromatic heterocycles. The van der Waals surface area contributed by atoms with E-state index in [1.165, 1.54) is 0 Å². The average molecular weight is 288 g/mol. The Labute approximate surface area is 122 Å². The summed E-state index contributed by atoms with van der Waals surface area (Å²) in [7, 11) is 0. The number of para-hydroxylation sites is 1. The number of nitrogens with two attached hydrogens (primary N) is 2. The lowest BCUT2D eigenvalue weighted by atomic mass is 10.1. The van der Waals surface area contributed by atoms with Crippen LogP contribution in [0, 0.1) is 0 Å². The van der Waals surface area contributed by atoms with E-state index in [1.807, 2.05) is 30.5 Å². The van der Waals surface area contributed by atoms with Crippen LogP contribution in [-0.4, -0.2) is 29.4 Å². The molecule has 2 aromatic rings. The van der Waals surface area contributed by atoms with Crippen molar-refractivity contribution >= 4 is 22.7 Å². The number of carbonyl (C=O) groups is 2. The summed E-state index contributed by atoms with van der Waals surface area (Å²) < 4.78 is 0. The van der Waals surface area contributed by atoms with Gasteiger partial charge in [0.2, 0.25) is 11.8 Å². The number of benzene rings is 1. The first-order valence-electron chi connectivity index (χ1n) is 6.94. The van der Waals surface area contributed by atoms with E-state index in [4.69, 9.17) is 11.5 Å². The fourth-order valence-corrected chi connectivity index (χ4v) is 2.22. The largest absolute Gasteiger partial charge is 0.370 e. The van der Waals surface area contributed by atoms with Gasteiger partial charge in [0.05, 0.1) is 6.04 Å². The van der Waals surface area contributed by atoms with Crippen LogP contribution in [0.1, 0.15) is 18.4 Å². The standard InChI is InChI=1S/C15H20N4O2/c16-12(5-6-14(17)20)15(21)18-8-7-10-9-19-13-4-2-1-3-11(10)13/h1-4,9,12,19H,5-8,16H2,(H2,17,20)(H,18,21)/t12-/m0/s1. The number of rotatable bonds is 7. The van der Waals surface area contributed by atoms with Crippen molar-refractivity contribution in [2.45, 2.75) is 25.3 Å². The Morgan fingerprint density at radius 1 is 1.29 bits per heavy atom. The van der Waals surface area contributed by atoms with Gasteiger partial charge in [-0.1, -0.05) is 18.2 Å². The fraction of sp³-hybridized carbons (Fsp3) is 0.333. The molecule has 0 saturated carbocycles. The van der Waals surface area contributed by atoms with Crippen molar-refractivity contribution in [3.63, 3.8) is 0 Å². The Balaban J connectivity index is 1.81. The first-order chi connectivity index (χ1) is 10.1. The van der Waals surface area contributed by atoms with Crippen LogP contribution in [-0.2, 0) is 16.0 Å². The number of carbonyl (C=O) groups excluding carboxylic acids is 2. The maximum Gasteiger partial charge on any atom is 0.236 e. The van der Waals surface area contributed by atoms with Gasteiger partial charge in [0.15, 0.2) is 0 Å². The van der Waals surface area contributed by atoms with Crippen LogP contribution >= 0.6 is 0 Å². The summed E-state index contributed by atoms with van der Waals surface area (Å²) >= 11 is 0. The molecule has 112 valence electrons. The molecule has 0 aliphatic carbocycles. The van der Waals surface area contributed by atoms with Gasteiger partial charge in [0.1, 0.15) is 0 Å². The molecule has 1 atom stereocenters. The molecular weight excluding hydrogens is 268 g/mol. The molecule has 0 spiro atoms. The summed E-state index contributed by atoms with van der Waals surface area (Å²) in [5, 5.41) is 3.94. The third-order valence-electron chi connectivity index (χ3n) is 3.41. The van der Waals surface area contributed by atoms with Crippen LogP contribution in [0.2, 0.25) is 0 Å². The highest BCUT2D eigenvalue weighted by atomic mass is 16.2. The molecule has 6 N–H and O–H groups in total. The first kappa shape index (κ1) is 15.1. The smallest absolute Gasteiger partial charge is 0.236 e. The summed E-state index contributed by atoms with van der Waals surface area (Å²) in [5.74, 6) is -0.701. The fourth-order valence-electron chi connectivity index (χ4n) is 2.22. The minimum atomic E-state index is -0.694. The summed E-state index contributed by atoms with van der Waals surface area (Å²) in [5.41, 5.74) is 12.9. The second kappa shape index (κ2) is 6.90. The maximum absolute atomic E-state index is 11.8. The van der Waals surface area contributed by atoms with Crippen molar-refractivity contribution in [3.8, 4) is 0 Å². The molecule has 1 heterocycles. The second-order valence-corrected chi connectivity index (χ2v) is 5.01. The Morgan fingerprint density at radius 3 is 2.81 bits per heavy atom. The van der Waals surface area contributed by atoms with Gasteiger partial charge in [-0.05, 0) is 24.5 Å². The molecule has 6 nitrogen and oxygen atoms in total. The van der Waals surface area contributed by atoms with Crippen LogP contribution in [0.15, 0.2) is 30.5 Å². The van der Waals surface area contributed by atoms with Gasteiger partial charge in [0.25, 0.3) is 0 Å². The zero-order chi connectivity index (χ0) is 15.2. The Bertz CT molecular complexity index is 635. The Kier molecular flexibility index (Phi) is 4.94. The molecular formula is C15H20N4O2. The molecule has 0 bridgehead atoms. The lowest BCUT2D eigenvalue weighted by molar-refractivity contribution is -0.122. The normalized spacial score (nSPS) is 12.2. The van der Waals surface area contributed by atoms with E-state index in [2.05, 4.69) is 10.3 Å². The van der Waals surface area contributed by atoms with Gasteiger partial charge in [-0.2, -0.15) is 0 Å². The van der Waals surface area contributed by atoms with E-state index in [0.29, 0.717) is 6.54 Å². The van der Waals surface area contributed by atoms with Crippen LogP contribution in [0.5, 0.6) is 0 Å². The van der Waals surface area contributed by atoms with Crippen LogP contribution < -0.4 is 16.8 Å². The van der Waals surface area contributed by atoms with Crippen molar-refractivity contribution < 1.29 is 9.59 Å². The molecule has 6 heteroatoms. The number of H-pyrrole nitrogens is 1. The molecule has 21 heavy (non-hydrogen) atoms. The van der Waals surface area contributed by atoms with Crippen molar-refractivity contribution in [1.29, 1.82) is 0 Å². The molecule has 0 unspecified atom stereocenters. The van der Waals surface area contributed by atoms with Gasteiger partial charge in [-0.15, -0.1) is 0 Å². The summed E-state index contributed by atoms with van der Waals surface area (Å²) in [6.07, 6.45) is 3.06. The van der Waals surface area contributed by atoms with Crippen molar-refractivity contribution in [2.75, 3.05) is 6.54 Å². The van der Waals surface area contributed by atoms with E-state index in [0.717, 1.165) is 22.9 Å². The van der Waals surface area contributed by atoms with Gasteiger partial charge in [0, 0.05) is 30.1 Å². The van der Waals surface area contributed by atoms with Gasteiger partial charge in [-0.25, -0.2) is 0 Å². The van der Waals surface area contributed by atoms with E-state index in [-0.39, 0.29) is 18.7 Å². The SMILES string of the molecule is NC(=O)CC[C@H](N)C(=O)NCCc1c[nH]c2ccccc12. The Hall–Kier alpha value is -2.34. The number of fused-ring (bicyclic) bond motifs is 1. The molecule has 0 fully saturated rings. The lowest BCUT2D eigenvalue weighted by Crippen LogP contribution is -2.41. The summed E-state index contributed by atoms with van der Waals surface area (Å²) in [6.45, 7) is 0.505. The van der Waals surface area contributed by atoms with E-state index >= 15 is 0 Å². The second-order valence-electron chi connectivity index (χ2n) is 5.01. The molecule has 0 aliphatic heterocycles. The lowest BCUT2D eigenvalue weighted by Gasteiger charge is -2.11. The van der Waals surface area contributed by atoms with Crippen LogP contribution in [0.4, 0.5) is 0 Å². The number of aromatic amines is 1. The summed E-state index contributed by atoms with van der Waals surface area (Å²) in [4.78, 5) is 25.6. The summed E-state index contributed by atoms with van der Waals surface area (Å²) in [6, 6.07) is 7.32. The molecule has 0 aliphatic rings. The molecule has 2 amide bonds. The number of hydrogen-bond donors (Lipinski definition) is 4. The molecule has 0 saturated heterocycles. The van der Waals surface area contributed by atoms with E-state index in [9.17, 15) is 9.59 Å². The minimum absolute atomic E-state index is 0.122. The first-order valence-corrected chi connectivity index (χ1v) is 6.94. The number of aromatic nitrogens is 1. The predicted octanol–water partition coefficient (Wildman–Crippen LogP) is 0.419. The monoisotopic (exact) mass is 288 g/mol. The molecule has 2 rings (SSSR count). The van der Waals surface area contributed by atoms with E-state index in [1.54, 1.807) is 0 Å². The quantitative estimate of drug-likeness (QED) is 0.592. The third kappa shape index (κ3) is 4.06. The van der Waals surface area contributed by atoms with E-state index < -0.39 is 11.9 Å². The maximum atomic E-state index is 11.8. The zero-order valence-corrected chi connectivity index (χ0v) is 11.8. The van der Waals surface area contributed by atoms with Crippen molar-refractivity contribution in [2.24, 2.45) is 11.5 Å². The molecule has 1 aromatic carbocycles. The number of amides is 2. The van der Waals surface area contributed by atoms with Crippen LogP contribution in [0.3, 0.4) is 0 Å².